The minimum absolute atomic E-state index is 0.00130. The number of halogens is 3. The van der Waals surface area contributed by atoms with E-state index in [1.54, 1.807) is 43.3 Å². The van der Waals surface area contributed by atoms with Gasteiger partial charge in [-0.3, -0.25) is 24.0 Å². The van der Waals surface area contributed by atoms with Gasteiger partial charge in [-0.2, -0.15) is 4.98 Å². The number of nitrogens with zero attached hydrogens (tertiary/aromatic N) is 3. The van der Waals surface area contributed by atoms with Crippen molar-refractivity contribution in [2.75, 3.05) is 20.3 Å². The van der Waals surface area contributed by atoms with Crippen LogP contribution >= 0.6 is 0 Å². The molecule has 18 heteroatoms. The summed E-state index contributed by atoms with van der Waals surface area (Å²) in [4.78, 5) is 62.8. The third kappa shape index (κ3) is 7.92. The molecular formula is C40H52F3N5O9S. The normalized spacial score (nSPS) is 28.9. The summed E-state index contributed by atoms with van der Waals surface area (Å²) in [5.74, 6) is -7.75. The number of hydrogen-bond acceptors (Lipinski definition) is 9. The van der Waals surface area contributed by atoms with Crippen molar-refractivity contribution >= 4 is 44.6 Å². The molecule has 0 unspecified atom stereocenters. The van der Waals surface area contributed by atoms with Crippen LogP contribution in [-0.2, 0) is 24.4 Å². The van der Waals surface area contributed by atoms with Gasteiger partial charge in [0.2, 0.25) is 33.6 Å². The maximum Gasteiger partial charge on any atom is 0.408 e. The number of carbonyl (C=O) groups excluding carboxylic acids is 3. The summed E-state index contributed by atoms with van der Waals surface area (Å²) in [6, 6.07) is 5.69. The first kappa shape index (κ1) is 43.0. The Balaban J connectivity index is 1.43. The topological polar surface area (TPSA) is 185 Å². The lowest BCUT2D eigenvalue weighted by atomic mass is 9.84. The zero-order valence-electron chi connectivity index (χ0n) is 33.5. The number of pyridine rings is 1. The van der Waals surface area contributed by atoms with E-state index in [4.69, 9.17) is 9.47 Å². The molecule has 1 aromatic carbocycles. The number of carbonyl (C=O) groups is 4. The second-order valence-electron chi connectivity index (χ2n) is 17.1. The highest BCUT2D eigenvalue weighted by molar-refractivity contribution is 7.91. The number of benzene rings is 1. The van der Waals surface area contributed by atoms with Crippen LogP contribution in [0.4, 0.5) is 18.0 Å². The number of allylic oxidation sites excluding steroid dienone is 1. The Bertz CT molecular complexity index is 2090. The molecule has 1 saturated heterocycles. The molecule has 4 aliphatic rings. The van der Waals surface area contributed by atoms with Crippen LogP contribution in [0.15, 0.2) is 42.5 Å². The molecule has 6 rings (SSSR count). The van der Waals surface area contributed by atoms with Gasteiger partial charge >= 0.3 is 6.09 Å². The minimum atomic E-state index is -4.47. The first-order valence-corrected chi connectivity index (χ1v) is 21.0. The Kier molecular flexibility index (Phi) is 11.5. The summed E-state index contributed by atoms with van der Waals surface area (Å²) in [6.45, 7) is 4.68. The zero-order chi connectivity index (χ0) is 42.6. The number of aromatic nitrogens is 1. The second-order valence-corrected chi connectivity index (χ2v) is 19.1. The molecule has 4 amide bonds. The number of ether oxygens (including phenoxy) is 2. The fourth-order valence-corrected chi connectivity index (χ4v) is 9.73. The number of methoxy groups -OCH3 is 1. The van der Waals surface area contributed by atoms with Crippen molar-refractivity contribution in [1.29, 1.82) is 0 Å². The van der Waals surface area contributed by atoms with E-state index < -0.39 is 92.3 Å². The molecule has 1 aromatic heterocycles. The molecule has 3 heterocycles. The number of rotatable bonds is 10. The van der Waals surface area contributed by atoms with Gasteiger partial charge < -0.3 is 24.8 Å². The van der Waals surface area contributed by atoms with Gasteiger partial charge in [-0.25, -0.2) is 26.4 Å². The van der Waals surface area contributed by atoms with E-state index in [1.165, 1.54) is 7.11 Å². The van der Waals surface area contributed by atoms with Gasteiger partial charge in [0.1, 0.15) is 40.7 Å². The van der Waals surface area contributed by atoms with Crippen molar-refractivity contribution in [1.82, 2.24) is 24.8 Å². The lowest BCUT2D eigenvalue weighted by molar-refractivity contribution is -0.156. The highest BCUT2D eigenvalue weighted by atomic mass is 32.2. The van der Waals surface area contributed by atoms with Gasteiger partial charge in [-0.05, 0) is 75.7 Å². The Hall–Kier alpha value is -4.61. The minimum Gasteiger partial charge on any atom is -0.481 e. The quantitative estimate of drug-likeness (QED) is 0.269. The summed E-state index contributed by atoms with van der Waals surface area (Å²) in [5, 5.41) is 14.6. The second kappa shape index (κ2) is 15.5. The molecule has 0 spiro atoms. The van der Waals surface area contributed by atoms with Gasteiger partial charge in [0.25, 0.3) is 11.8 Å². The summed E-state index contributed by atoms with van der Waals surface area (Å²) >= 11 is 0. The number of fused-ring (bicyclic) bond motifs is 3. The molecule has 14 nitrogen and oxygen atoms in total. The van der Waals surface area contributed by atoms with Gasteiger partial charge in [-0.1, -0.05) is 44.2 Å². The van der Waals surface area contributed by atoms with Crippen LogP contribution in [0.2, 0.25) is 0 Å². The number of carboxylic acid groups (broad SMARTS) is 1. The van der Waals surface area contributed by atoms with Crippen molar-refractivity contribution in [3.05, 3.63) is 42.5 Å². The maximum absolute atomic E-state index is 15.4. The van der Waals surface area contributed by atoms with Crippen LogP contribution in [0, 0.1) is 17.8 Å². The number of alkyl halides is 3. The number of sulfonamides is 1. The number of amides is 4. The van der Waals surface area contributed by atoms with Crippen LogP contribution in [-0.4, -0.2) is 112 Å². The first-order valence-electron chi connectivity index (χ1n) is 19.5. The predicted molar refractivity (Wildman–Crippen MR) is 206 cm³/mol. The average Bonchev–Trinajstić information content (AvgIpc) is 4.05. The van der Waals surface area contributed by atoms with Gasteiger partial charge in [0, 0.05) is 30.7 Å². The molecule has 2 aliphatic carbocycles. The van der Waals surface area contributed by atoms with Crippen LogP contribution in [0.1, 0.15) is 79.6 Å². The standard InChI is InChI=1S/C40H52F3N5O9S/c1-23-11-7-9-13-26-20-40(26,35(51)46-58(54,55)39(22-41)15-16-39)45-32(49)29-19-27(57-33-28-14-10-8-12-25(28)18-30(44-33)56-6)21-47(29)34(50)31(24(2)17-23)48(36(52)53)37(3,4)38(5,42)43/h8-10,12-14,18,23-24,26-27,29,31H,7,11,15-17,19-22H2,1-6H3,(H,45,49)(H,46,51)(H,52,53)/t23-,24+,26+,27+,29-,31-,40+/m0/s1. The largest absolute Gasteiger partial charge is 0.481 e. The molecule has 7 atom stereocenters. The molecular weight excluding hydrogens is 784 g/mol. The first-order chi connectivity index (χ1) is 27.1. The van der Waals surface area contributed by atoms with Gasteiger partial charge in [0.05, 0.1) is 13.7 Å². The van der Waals surface area contributed by atoms with E-state index in [1.807, 2.05) is 17.7 Å². The van der Waals surface area contributed by atoms with E-state index in [9.17, 15) is 32.3 Å². The lowest BCUT2D eigenvalue weighted by Crippen LogP contribution is -2.66. The molecule has 2 aromatic rings. The Morgan fingerprint density at radius 3 is 2.45 bits per heavy atom. The molecule has 318 valence electrons. The van der Waals surface area contributed by atoms with E-state index in [0.29, 0.717) is 35.4 Å². The smallest absolute Gasteiger partial charge is 0.408 e. The monoisotopic (exact) mass is 835 g/mol. The Morgan fingerprint density at radius 1 is 1.14 bits per heavy atom. The van der Waals surface area contributed by atoms with Crippen molar-refractivity contribution in [2.45, 2.75) is 119 Å². The molecule has 3 fully saturated rings. The van der Waals surface area contributed by atoms with Crippen molar-refractivity contribution in [3.8, 4) is 11.8 Å². The fraction of sp³-hybridized carbons (Fsp3) is 0.625. The van der Waals surface area contributed by atoms with E-state index in [-0.39, 0.29) is 56.3 Å². The third-order valence-corrected chi connectivity index (χ3v) is 14.7. The van der Waals surface area contributed by atoms with E-state index in [2.05, 4.69) is 10.3 Å². The lowest BCUT2D eigenvalue weighted by Gasteiger charge is -2.47. The molecule has 0 bridgehead atoms. The Morgan fingerprint density at radius 2 is 1.83 bits per heavy atom. The van der Waals surface area contributed by atoms with Crippen LogP contribution in [0.25, 0.3) is 10.8 Å². The molecule has 58 heavy (non-hydrogen) atoms. The molecule has 0 radical (unpaired) electrons. The summed E-state index contributed by atoms with van der Waals surface area (Å²) in [6.07, 6.45) is 1.91. The van der Waals surface area contributed by atoms with E-state index >= 15 is 13.6 Å². The van der Waals surface area contributed by atoms with Crippen LogP contribution < -0.4 is 19.5 Å². The predicted octanol–water partition coefficient (Wildman–Crippen LogP) is 5.21. The average molecular weight is 836 g/mol. The molecule has 2 aliphatic heterocycles. The third-order valence-electron chi connectivity index (χ3n) is 12.6. The Labute approximate surface area is 335 Å². The van der Waals surface area contributed by atoms with Crippen LogP contribution in [0.5, 0.6) is 11.8 Å². The van der Waals surface area contributed by atoms with Gasteiger partial charge in [0.15, 0.2) is 0 Å². The highest BCUT2D eigenvalue weighted by Gasteiger charge is 2.64. The van der Waals surface area contributed by atoms with E-state index in [0.717, 1.165) is 18.7 Å². The number of nitrogens with one attached hydrogen (secondary N) is 2. The summed E-state index contributed by atoms with van der Waals surface area (Å²) in [7, 11) is -3.05. The van der Waals surface area contributed by atoms with Crippen molar-refractivity contribution in [2.24, 2.45) is 17.8 Å². The molecule has 3 N–H and O–H groups in total. The van der Waals surface area contributed by atoms with Crippen molar-refractivity contribution in [3.63, 3.8) is 0 Å². The summed E-state index contributed by atoms with van der Waals surface area (Å²) in [5.41, 5.74) is -4.18. The van der Waals surface area contributed by atoms with Crippen LogP contribution in [0.3, 0.4) is 0 Å². The zero-order valence-corrected chi connectivity index (χ0v) is 34.3. The highest BCUT2D eigenvalue weighted by Crippen LogP contribution is 2.48. The summed E-state index contributed by atoms with van der Waals surface area (Å²) < 4.78 is 83.0. The SMILES string of the molecule is COc1cc2ccccc2c(O[C@@H]2C[C@H]3C(=O)N[C@]4(C(=O)NS(=O)(=O)C5(CF)CC5)C[C@H]4C=CCC[C@H](C)C[C@@H](C)[C@H](N(C(=O)O)C(C)(C)C(C)(F)F)C(=O)N3C2)n1. The number of hydrogen-bond donors (Lipinski definition) is 3. The fourth-order valence-electron chi connectivity index (χ4n) is 8.31. The van der Waals surface area contributed by atoms with Gasteiger partial charge in [-0.15, -0.1) is 0 Å². The molecule has 2 saturated carbocycles. The maximum atomic E-state index is 15.4. The van der Waals surface area contributed by atoms with Crippen molar-refractivity contribution < 1.29 is 55.3 Å².